The van der Waals surface area contributed by atoms with Gasteiger partial charge in [0.25, 0.3) is 0 Å². The van der Waals surface area contributed by atoms with Gasteiger partial charge in [-0.05, 0) is 35.9 Å². The molecule has 0 bridgehead atoms. The van der Waals surface area contributed by atoms with Crippen LogP contribution in [-0.4, -0.2) is 17.1 Å². The lowest BCUT2D eigenvalue weighted by atomic mass is 9.12. The highest BCUT2D eigenvalue weighted by Crippen LogP contribution is 2.42. The van der Waals surface area contributed by atoms with Crippen LogP contribution in [0.4, 0.5) is 105 Å². The molecule has 1 heterocycles. The number of alkyl halides is 24. The predicted octanol–water partition coefficient (Wildman–Crippen LogP) is 14.6. The van der Waals surface area contributed by atoms with E-state index in [0.717, 1.165) is 16.7 Å². The summed E-state index contributed by atoms with van der Waals surface area (Å²) in [5, 5.41) is 0. The van der Waals surface area contributed by atoms with Gasteiger partial charge in [-0.3, -0.25) is 4.98 Å². The minimum Gasteiger partial charge on any atom is -0.445 e. The van der Waals surface area contributed by atoms with Gasteiger partial charge in [-0.15, -0.1) is 0 Å². The summed E-state index contributed by atoms with van der Waals surface area (Å²) in [7, 11) is 0. The molecule has 1 aromatic heterocycles. The molecule has 0 spiro atoms. The van der Waals surface area contributed by atoms with Crippen molar-refractivity contribution in [2.75, 3.05) is 0 Å². The summed E-state index contributed by atoms with van der Waals surface area (Å²) in [4.78, 5) is 16.8. The van der Waals surface area contributed by atoms with Gasteiger partial charge in [0.2, 0.25) is 0 Å². The average Bonchev–Trinajstić information content (AvgIpc) is 3.87. The number of esters is 1. The van der Waals surface area contributed by atoms with Crippen LogP contribution in [0.3, 0.4) is 0 Å². The fourth-order valence-electron chi connectivity index (χ4n) is 9.04. The van der Waals surface area contributed by atoms with E-state index in [4.69, 9.17) is 4.74 Å². The number of benzene rings is 6. The third kappa shape index (κ3) is 13.7. The first kappa shape index (κ1) is 61.6. The normalized spacial score (nSPS) is 14.5. The zero-order valence-electron chi connectivity index (χ0n) is 40.2. The summed E-state index contributed by atoms with van der Waals surface area (Å²) in [6.07, 6.45) is -46.3. The fraction of sp³-hybridized carbons (Fsp3) is 0.189. The molecule has 1 unspecified atom stereocenters. The van der Waals surface area contributed by atoms with Gasteiger partial charge in [-0.25, -0.2) is 4.79 Å². The van der Waals surface area contributed by atoms with Crippen LogP contribution in [0.2, 0.25) is 0 Å². The second-order valence-electron chi connectivity index (χ2n) is 18.1. The Labute approximate surface area is 444 Å². The van der Waals surface area contributed by atoms with Gasteiger partial charge < -0.3 is 4.74 Å². The van der Waals surface area contributed by atoms with Crippen LogP contribution >= 0.6 is 0 Å². The van der Waals surface area contributed by atoms with Gasteiger partial charge in [0, 0.05) is 11.1 Å². The van der Waals surface area contributed by atoms with Crippen LogP contribution in [-0.2, 0) is 60.7 Å². The van der Waals surface area contributed by atoms with Crippen LogP contribution in [0.1, 0.15) is 77.8 Å². The smallest absolute Gasteiger partial charge is 0.416 e. The maximum absolute atomic E-state index is 14.2. The van der Waals surface area contributed by atoms with Crippen LogP contribution in [0.5, 0.6) is 0 Å². The number of fused-ring (bicyclic) bond motifs is 1. The van der Waals surface area contributed by atoms with E-state index in [1.807, 2.05) is 71.3 Å². The Morgan fingerprint density at radius 3 is 1.09 bits per heavy atom. The van der Waals surface area contributed by atoms with Gasteiger partial charge in [0.05, 0.1) is 50.7 Å². The van der Waals surface area contributed by atoms with Crippen molar-refractivity contribution >= 4 is 40.0 Å². The number of ether oxygens (including phenoxy) is 1. The molecule has 82 heavy (non-hydrogen) atoms. The lowest BCUT2D eigenvalue weighted by Gasteiger charge is -2.46. The Morgan fingerprint density at radius 1 is 0.439 bits per heavy atom. The van der Waals surface area contributed by atoms with E-state index in [1.165, 1.54) is 0 Å². The Morgan fingerprint density at radius 2 is 0.756 bits per heavy atom. The molecule has 7 aromatic rings. The van der Waals surface area contributed by atoms with Crippen LogP contribution < -0.4 is 26.4 Å². The standard InChI is InChI=1S/C32H12BF24.C21H17N2O2/c34-25(35,36)13-1-14(26(37,38)39)6-21(5-13)33(22-7-15(27(40,41)42)2-16(8-22)28(43,44)45,23-9-17(29(46,47)48)3-18(10-23)30(49,50)51)24-11-19(31(52,53)54)4-20(12-24)32(55,56)57;24-21(25-20-11-10-17-8-4-5-9-18(17)20)19-14-22-12-13-23(19)15-16-6-2-1-3-7-16/h1-12H;1-14,20H,15H2/q-1;+1. The quantitative estimate of drug-likeness (QED) is 0.0659. The second-order valence-corrected chi connectivity index (χ2v) is 18.1. The Hall–Kier alpha value is -8.01. The zero-order chi connectivity index (χ0) is 61.0. The van der Waals surface area contributed by atoms with Crippen molar-refractivity contribution in [1.29, 1.82) is 0 Å². The molecule has 4 nitrogen and oxygen atoms in total. The van der Waals surface area contributed by atoms with Crippen molar-refractivity contribution in [2.45, 2.75) is 62.1 Å². The number of rotatable bonds is 8. The van der Waals surface area contributed by atoms with Crippen molar-refractivity contribution in [3.8, 4) is 0 Å². The number of hydrogen-bond donors (Lipinski definition) is 0. The molecular formula is C53H29BF24N2O2. The van der Waals surface area contributed by atoms with E-state index in [9.17, 15) is 110 Å². The Kier molecular flexibility index (Phi) is 16.3. The molecule has 6 aromatic carbocycles. The Bertz CT molecular complexity index is 3080. The topological polar surface area (TPSA) is 43.1 Å². The molecular weight excluding hydrogens is 1160 g/mol. The molecule has 8 rings (SSSR count). The van der Waals surface area contributed by atoms with E-state index in [-0.39, 0.29) is 12.1 Å². The molecule has 0 fully saturated rings. The largest absolute Gasteiger partial charge is 0.445 e. The molecule has 0 aliphatic heterocycles. The van der Waals surface area contributed by atoms with Gasteiger partial charge in [0.1, 0.15) is 18.4 Å². The molecule has 0 saturated heterocycles. The maximum Gasteiger partial charge on any atom is 0.416 e. The highest BCUT2D eigenvalue weighted by Gasteiger charge is 2.47. The molecule has 0 radical (unpaired) electrons. The number of nitrogens with zero attached hydrogens (tertiary/aromatic N) is 2. The van der Waals surface area contributed by atoms with Crippen LogP contribution in [0, 0.1) is 0 Å². The molecule has 0 amide bonds. The van der Waals surface area contributed by atoms with E-state index in [2.05, 4.69) is 4.98 Å². The highest BCUT2D eigenvalue weighted by atomic mass is 19.4. The highest BCUT2D eigenvalue weighted by molar-refractivity contribution is 7.20. The first-order valence-corrected chi connectivity index (χ1v) is 22.8. The third-order valence-electron chi connectivity index (χ3n) is 12.7. The van der Waals surface area contributed by atoms with Gasteiger partial charge in [-0.2, -0.15) is 132 Å². The van der Waals surface area contributed by atoms with Crippen molar-refractivity contribution in [2.24, 2.45) is 0 Å². The Balaban J connectivity index is 0.000000318. The van der Waals surface area contributed by atoms with E-state index in [1.54, 1.807) is 18.6 Å². The number of carbonyl (C=O) groups excluding carboxylic acids is 1. The summed E-state index contributed by atoms with van der Waals surface area (Å²) in [6.45, 7) is 0.588. The fourth-order valence-corrected chi connectivity index (χ4v) is 9.04. The van der Waals surface area contributed by atoms with Crippen LogP contribution in [0.15, 0.2) is 152 Å². The van der Waals surface area contributed by atoms with Crippen molar-refractivity contribution in [3.05, 3.63) is 219 Å². The summed E-state index contributed by atoms with van der Waals surface area (Å²) < 4.78 is 348. The second kappa shape index (κ2) is 21.7. The number of halogens is 24. The molecule has 1 aliphatic rings. The van der Waals surface area contributed by atoms with E-state index in [0.29, 0.717) is 12.2 Å². The molecule has 29 heteroatoms. The summed E-state index contributed by atoms with van der Waals surface area (Å²) in [5.41, 5.74) is -26.6. The van der Waals surface area contributed by atoms with Gasteiger partial charge >= 0.3 is 61.1 Å². The third-order valence-corrected chi connectivity index (χ3v) is 12.7. The lowest BCUT2D eigenvalue weighted by molar-refractivity contribution is -0.691. The summed E-state index contributed by atoms with van der Waals surface area (Å²) in [5.74, 6) is -0.379. The molecule has 1 aliphatic carbocycles. The maximum atomic E-state index is 14.2. The predicted molar refractivity (Wildman–Crippen MR) is 244 cm³/mol. The monoisotopic (exact) mass is 1190 g/mol. The lowest BCUT2D eigenvalue weighted by Crippen LogP contribution is -2.75. The first-order chi connectivity index (χ1) is 37.6. The number of aromatic nitrogens is 2. The van der Waals surface area contributed by atoms with E-state index >= 15 is 0 Å². The minimum atomic E-state index is -6.13. The summed E-state index contributed by atoms with van der Waals surface area (Å²) >= 11 is 0. The molecule has 1 atom stereocenters. The number of carbonyl (C=O) groups is 1. The SMILES string of the molecule is FC(F)(F)c1cc([B-](c2cc(C(F)(F)F)cc(C(F)(F)F)c2)(c2cc(C(F)(F)F)cc(C(F)(F)F)c2)c2cc(C(F)(F)F)cc(C(F)(F)F)c2)cc(C(F)(F)F)c1.O=C(OC1C=Cc2ccccc21)c1cncc[n+]1Cc1ccccc1. The van der Waals surface area contributed by atoms with Crippen LogP contribution in [0.25, 0.3) is 6.08 Å². The zero-order valence-corrected chi connectivity index (χ0v) is 40.2. The molecule has 0 N–H and O–H groups in total. The summed E-state index contributed by atoms with van der Waals surface area (Å²) in [6, 6.07) is 9.10. The average molecular weight is 1190 g/mol. The first-order valence-electron chi connectivity index (χ1n) is 22.8. The molecule has 0 saturated carbocycles. The van der Waals surface area contributed by atoms with Crippen molar-refractivity contribution in [3.63, 3.8) is 0 Å². The van der Waals surface area contributed by atoms with Crippen molar-refractivity contribution in [1.82, 2.24) is 4.98 Å². The van der Waals surface area contributed by atoms with Crippen molar-refractivity contribution < 1.29 is 119 Å². The van der Waals surface area contributed by atoms with Gasteiger partial charge in [0.15, 0.2) is 12.7 Å². The molecule has 434 valence electrons. The number of hydrogen-bond acceptors (Lipinski definition) is 3. The van der Waals surface area contributed by atoms with E-state index < -0.39 is 195 Å². The van der Waals surface area contributed by atoms with Gasteiger partial charge in [-0.1, -0.05) is 109 Å². The minimum absolute atomic E-state index is 0.353.